The first-order valence-electron chi connectivity index (χ1n) is 9.33. The highest BCUT2D eigenvalue weighted by Crippen LogP contribution is 2.30. The highest BCUT2D eigenvalue weighted by atomic mass is 32.2. The smallest absolute Gasteiger partial charge is 0.255 e. The molecule has 0 fully saturated rings. The Hall–Kier alpha value is -3.32. The van der Waals surface area contributed by atoms with E-state index in [1.54, 1.807) is 44.2 Å². The number of methoxy groups -OCH3 is 2. The van der Waals surface area contributed by atoms with E-state index in [-0.39, 0.29) is 5.91 Å². The topological polar surface area (TPSA) is 85.6 Å². The summed E-state index contributed by atoms with van der Waals surface area (Å²) >= 11 is 1.60. The molecule has 0 heterocycles. The molecule has 0 spiro atoms. The van der Waals surface area contributed by atoms with Crippen LogP contribution in [0.4, 0.5) is 17.1 Å². The Morgan fingerprint density at radius 3 is 2.37 bits per heavy atom. The zero-order valence-corrected chi connectivity index (χ0v) is 18.0. The summed E-state index contributed by atoms with van der Waals surface area (Å²) in [6.07, 6.45) is 1.98. The molecule has 0 aromatic heterocycles. The van der Waals surface area contributed by atoms with Gasteiger partial charge in [0.25, 0.3) is 5.91 Å². The Balaban J connectivity index is 1.63. The average molecular weight is 424 g/mol. The van der Waals surface area contributed by atoms with Gasteiger partial charge in [0, 0.05) is 28.8 Å². The third-order valence-electron chi connectivity index (χ3n) is 4.60. The Kier molecular flexibility index (Phi) is 7.08. The number of carbonyl (C=O) groups excluding carboxylic acids is 1. The molecule has 3 aromatic rings. The van der Waals surface area contributed by atoms with Crippen LogP contribution in [0.15, 0.2) is 65.6 Å². The van der Waals surface area contributed by atoms with Crippen molar-refractivity contribution in [1.29, 1.82) is 0 Å². The number of nitrogen functional groups attached to an aromatic ring is 1. The van der Waals surface area contributed by atoms with Gasteiger partial charge in [-0.25, -0.2) is 0 Å². The lowest BCUT2D eigenvalue weighted by Crippen LogP contribution is -2.13. The van der Waals surface area contributed by atoms with Gasteiger partial charge in [0.05, 0.1) is 25.6 Å². The molecule has 0 saturated carbocycles. The molecule has 4 N–H and O–H groups in total. The highest BCUT2D eigenvalue weighted by molar-refractivity contribution is 7.98. The molecule has 0 saturated heterocycles. The summed E-state index contributed by atoms with van der Waals surface area (Å²) < 4.78 is 10.6. The monoisotopic (exact) mass is 423 g/mol. The van der Waals surface area contributed by atoms with Crippen LogP contribution in [0.5, 0.6) is 11.5 Å². The van der Waals surface area contributed by atoms with Crippen molar-refractivity contribution in [3.8, 4) is 11.5 Å². The van der Waals surface area contributed by atoms with E-state index in [9.17, 15) is 4.79 Å². The lowest BCUT2D eigenvalue weighted by molar-refractivity contribution is 0.102. The maximum Gasteiger partial charge on any atom is 0.255 e. The number of rotatable bonds is 8. The summed E-state index contributed by atoms with van der Waals surface area (Å²) in [5, 5.41) is 6.22. The number of ether oxygens (including phenoxy) is 2. The van der Waals surface area contributed by atoms with Crippen LogP contribution in [0.25, 0.3) is 0 Å². The zero-order valence-electron chi connectivity index (χ0n) is 17.2. The number of benzene rings is 3. The highest BCUT2D eigenvalue weighted by Gasteiger charge is 2.09. The number of nitrogens with two attached hydrogens (primary N) is 1. The molecule has 0 aliphatic carbocycles. The molecular formula is C23H25N3O3S. The molecule has 0 radical (unpaired) electrons. The van der Waals surface area contributed by atoms with Crippen molar-refractivity contribution < 1.29 is 14.3 Å². The van der Waals surface area contributed by atoms with Crippen molar-refractivity contribution in [3.63, 3.8) is 0 Å². The number of carbonyl (C=O) groups is 1. The van der Waals surface area contributed by atoms with Gasteiger partial charge < -0.3 is 25.8 Å². The third kappa shape index (κ3) is 5.18. The van der Waals surface area contributed by atoms with Gasteiger partial charge in [-0.3, -0.25) is 4.79 Å². The average Bonchev–Trinajstić information content (AvgIpc) is 2.79. The summed E-state index contributed by atoms with van der Waals surface area (Å²) in [5.41, 5.74) is 9.67. The predicted octanol–water partition coefficient (Wildman–Crippen LogP) is 4.87. The van der Waals surface area contributed by atoms with Crippen molar-refractivity contribution in [2.45, 2.75) is 11.4 Å². The van der Waals surface area contributed by atoms with E-state index >= 15 is 0 Å². The van der Waals surface area contributed by atoms with Gasteiger partial charge in [0.2, 0.25) is 0 Å². The van der Waals surface area contributed by atoms with E-state index in [4.69, 9.17) is 15.2 Å². The van der Waals surface area contributed by atoms with Gasteiger partial charge in [-0.05, 0) is 54.3 Å². The van der Waals surface area contributed by atoms with Crippen LogP contribution < -0.4 is 25.8 Å². The van der Waals surface area contributed by atoms with Gasteiger partial charge in [0.15, 0.2) is 11.5 Å². The summed E-state index contributed by atoms with van der Waals surface area (Å²) in [5.74, 6) is 1.15. The standard InChI is InChI=1S/C23H25N3O3S/c1-28-21-11-8-17(12-22(21)29-2)25-14-15-4-6-16(7-5-15)23(27)26-20-13-18(30-3)9-10-19(20)24/h4-13,25H,14,24H2,1-3H3,(H,26,27). The van der Waals surface area contributed by atoms with Gasteiger partial charge in [0.1, 0.15) is 0 Å². The lowest BCUT2D eigenvalue weighted by atomic mass is 10.1. The Morgan fingerprint density at radius 1 is 0.967 bits per heavy atom. The fourth-order valence-corrected chi connectivity index (χ4v) is 3.33. The number of hydrogen-bond donors (Lipinski definition) is 3. The molecular weight excluding hydrogens is 398 g/mol. The second-order valence-electron chi connectivity index (χ2n) is 6.53. The molecule has 30 heavy (non-hydrogen) atoms. The summed E-state index contributed by atoms with van der Waals surface area (Å²) in [6, 6.07) is 18.7. The van der Waals surface area contributed by atoms with Crippen LogP contribution >= 0.6 is 11.8 Å². The van der Waals surface area contributed by atoms with E-state index in [2.05, 4.69) is 10.6 Å². The second kappa shape index (κ2) is 9.93. The number of amides is 1. The molecule has 0 aliphatic rings. The summed E-state index contributed by atoms with van der Waals surface area (Å²) in [6.45, 7) is 0.611. The van der Waals surface area contributed by atoms with Crippen LogP contribution in [-0.2, 0) is 6.54 Å². The minimum absolute atomic E-state index is 0.195. The lowest BCUT2D eigenvalue weighted by Gasteiger charge is -2.12. The Bertz CT molecular complexity index is 1020. The van der Waals surface area contributed by atoms with E-state index in [1.807, 2.05) is 48.7 Å². The molecule has 156 valence electrons. The normalized spacial score (nSPS) is 10.4. The van der Waals surface area contributed by atoms with Crippen LogP contribution in [0, 0.1) is 0 Å². The van der Waals surface area contributed by atoms with Gasteiger partial charge in [-0.2, -0.15) is 0 Å². The maximum atomic E-state index is 12.6. The van der Waals surface area contributed by atoms with E-state index in [1.165, 1.54) is 0 Å². The predicted molar refractivity (Wildman–Crippen MR) is 124 cm³/mol. The zero-order chi connectivity index (χ0) is 21.5. The molecule has 3 rings (SSSR count). The van der Waals surface area contributed by atoms with Crippen molar-refractivity contribution in [2.75, 3.05) is 36.8 Å². The van der Waals surface area contributed by atoms with E-state index in [0.29, 0.717) is 35.0 Å². The van der Waals surface area contributed by atoms with Crippen molar-refractivity contribution in [2.24, 2.45) is 0 Å². The minimum Gasteiger partial charge on any atom is -0.493 e. The van der Waals surface area contributed by atoms with Crippen molar-refractivity contribution in [3.05, 3.63) is 71.8 Å². The maximum absolute atomic E-state index is 12.6. The van der Waals surface area contributed by atoms with Crippen LogP contribution in [0.3, 0.4) is 0 Å². The first-order chi connectivity index (χ1) is 14.5. The fraction of sp³-hybridized carbons (Fsp3) is 0.174. The summed E-state index contributed by atoms with van der Waals surface area (Å²) in [7, 11) is 3.22. The first kappa shape index (κ1) is 21.4. The van der Waals surface area contributed by atoms with Crippen molar-refractivity contribution in [1.82, 2.24) is 0 Å². The van der Waals surface area contributed by atoms with Crippen LogP contribution in [0.2, 0.25) is 0 Å². The van der Waals surface area contributed by atoms with E-state index < -0.39 is 0 Å². The molecule has 3 aromatic carbocycles. The molecule has 0 unspecified atom stereocenters. The number of nitrogens with one attached hydrogen (secondary N) is 2. The van der Waals surface area contributed by atoms with Crippen LogP contribution in [-0.4, -0.2) is 26.4 Å². The molecule has 0 aliphatic heterocycles. The number of anilines is 3. The number of hydrogen-bond acceptors (Lipinski definition) is 6. The van der Waals surface area contributed by atoms with Gasteiger partial charge in [-0.15, -0.1) is 11.8 Å². The van der Waals surface area contributed by atoms with Crippen molar-refractivity contribution >= 4 is 34.7 Å². The fourth-order valence-electron chi connectivity index (χ4n) is 2.89. The SMILES string of the molecule is COc1ccc(NCc2ccc(C(=O)Nc3cc(SC)ccc3N)cc2)cc1OC. The van der Waals surface area contributed by atoms with E-state index in [0.717, 1.165) is 16.1 Å². The minimum atomic E-state index is -0.195. The first-order valence-corrected chi connectivity index (χ1v) is 10.6. The largest absolute Gasteiger partial charge is 0.493 e. The molecule has 1 amide bonds. The van der Waals surface area contributed by atoms with Gasteiger partial charge in [-0.1, -0.05) is 12.1 Å². The second-order valence-corrected chi connectivity index (χ2v) is 7.41. The molecule has 0 atom stereocenters. The summed E-state index contributed by atoms with van der Waals surface area (Å²) in [4.78, 5) is 13.6. The van der Waals surface area contributed by atoms with Gasteiger partial charge >= 0.3 is 0 Å². The Labute approximate surface area is 180 Å². The number of thioether (sulfide) groups is 1. The molecule has 0 bridgehead atoms. The molecule has 6 nitrogen and oxygen atoms in total. The quantitative estimate of drug-likeness (QED) is 0.354. The Morgan fingerprint density at radius 2 is 1.70 bits per heavy atom. The third-order valence-corrected chi connectivity index (χ3v) is 5.33. The van der Waals surface area contributed by atoms with Crippen LogP contribution in [0.1, 0.15) is 15.9 Å². The molecule has 7 heteroatoms.